The van der Waals surface area contributed by atoms with Crippen LogP contribution >= 0.6 is 0 Å². The van der Waals surface area contributed by atoms with Crippen molar-refractivity contribution in [2.24, 2.45) is 40.4 Å². The number of hydrogen-bond acceptors (Lipinski definition) is 3. The molecule has 10 rings (SSSR count). The van der Waals surface area contributed by atoms with Gasteiger partial charge < -0.3 is 14.0 Å². The van der Waals surface area contributed by atoms with Crippen LogP contribution in [-0.4, -0.2) is 40.1 Å². The van der Waals surface area contributed by atoms with Gasteiger partial charge >= 0.3 is 0 Å². The van der Waals surface area contributed by atoms with Crippen LogP contribution in [-0.2, 0) is 8.85 Å². The van der Waals surface area contributed by atoms with Gasteiger partial charge in [0.2, 0.25) is 0 Å². The second kappa shape index (κ2) is 16.7. The van der Waals surface area contributed by atoms with Gasteiger partial charge in [-0.3, -0.25) is 0 Å². The van der Waals surface area contributed by atoms with Gasteiger partial charge in [-0.15, -0.1) is 0 Å². The van der Waals surface area contributed by atoms with E-state index in [0.717, 1.165) is 38.5 Å². The Hall–Kier alpha value is -4.63. The molecule has 6 aromatic rings. The molecule has 0 aromatic heterocycles. The van der Waals surface area contributed by atoms with E-state index in [9.17, 15) is 5.11 Å². The molecule has 0 aliphatic heterocycles. The standard InChI is InChI=1S/C58H64O3Si2/c1-43-39-45-41-46(59)40-44(2)58(45,42-60-62(47-23-11-5-12-24-47,48-25-13-6-14-26-48)49-27-15-7-16-28-49)54-35-37-56(3)53(55(43)54)36-38-57(56,4)61-63(50-29-17-8-18-30-50,51-31-19-9-20-32-51)52-33-21-10-22-34-52/h5-34,39,43-44,46,53-55,59H,35-38,40-42H2,1-4H3/t43?,44?,46?,53-,54+,55-,56-,57?,58-/m0/s1. The molecule has 9 atom stereocenters. The molecule has 3 saturated carbocycles. The summed E-state index contributed by atoms with van der Waals surface area (Å²) in [6, 6.07) is 66.8. The maximum atomic E-state index is 11.5. The van der Waals surface area contributed by atoms with E-state index in [4.69, 9.17) is 8.85 Å². The van der Waals surface area contributed by atoms with Gasteiger partial charge in [0.15, 0.2) is 0 Å². The van der Waals surface area contributed by atoms with E-state index in [-0.39, 0.29) is 28.5 Å². The molecule has 322 valence electrons. The predicted octanol–water partition coefficient (Wildman–Crippen LogP) is 8.91. The first-order valence-corrected chi connectivity index (χ1v) is 27.5. The summed E-state index contributed by atoms with van der Waals surface area (Å²) in [6.45, 7) is 10.7. The highest BCUT2D eigenvalue weighted by Crippen LogP contribution is 2.70. The van der Waals surface area contributed by atoms with Gasteiger partial charge in [-0.25, -0.2) is 0 Å². The lowest BCUT2D eigenvalue weighted by atomic mass is 9.43. The smallest absolute Gasteiger partial charge is 0.288 e. The summed E-state index contributed by atoms with van der Waals surface area (Å²) in [5.41, 5.74) is 0.864. The Morgan fingerprint density at radius 1 is 0.540 bits per heavy atom. The number of hydrogen-bond donors (Lipinski definition) is 1. The van der Waals surface area contributed by atoms with Crippen LogP contribution in [0.3, 0.4) is 0 Å². The SMILES string of the molecule is CC1C=C2CC(O)CC(C)[C@]2(CO[Si](c2ccccc2)(c2ccccc2)c2ccccc2)[C@@H]2CC[C@@]3(C)[C@@H](CCC3(C)O[Si](c3ccccc3)(c3ccccc3)c3ccccc3)[C@H]12. The van der Waals surface area contributed by atoms with E-state index >= 15 is 0 Å². The fourth-order valence-electron chi connectivity index (χ4n) is 14.0. The molecular formula is C58H64O3Si2. The van der Waals surface area contributed by atoms with Crippen LogP contribution in [0, 0.1) is 40.4 Å². The summed E-state index contributed by atoms with van der Waals surface area (Å²) in [4.78, 5) is 0. The average molecular weight is 865 g/mol. The topological polar surface area (TPSA) is 38.7 Å². The first kappa shape index (κ1) is 42.3. The number of allylic oxidation sites excluding steroid dienone is 1. The molecule has 3 fully saturated rings. The first-order chi connectivity index (χ1) is 30.7. The Morgan fingerprint density at radius 2 is 0.937 bits per heavy atom. The molecule has 4 aliphatic carbocycles. The molecule has 0 saturated heterocycles. The molecule has 0 amide bonds. The maximum Gasteiger partial charge on any atom is 0.288 e. The van der Waals surface area contributed by atoms with Crippen molar-refractivity contribution in [1.82, 2.24) is 0 Å². The minimum atomic E-state index is -3.00. The zero-order valence-electron chi connectivity index (χ0n) is 37.6. The van der Waals surface area contributed by atoms with E-state index < -0.39 is 16.6 Å². The quantitative estimate of drug-likeness (QED) is 0.0804. The van der Waals surface area contributed by atoms with Crippen molar-refractivity contribution in [3.05, 3.63) is 194 Å². The average Bonchev–Trinajstić information content (AvgIpc) is 3.59. The summed E-state index contributed by atoms with van der Waals surface area (Å²) in [6.07, 6.45) is 8.26. The Labute approximate surface area is 378 Å². The molecule has 1 N–H and O–H groups in total. The fourth-order valence-corrected chi connectivity index (χ4v) is 22.3. The summed E-state index contributed by atoms with van der Waals surface area (Å²) in [5, 5.41) is 19.3. The van der Waals surface area contributed by atoms with Crippen LogP contribution in [0.2, 0.25) is 0 Å². The lowest BCUT2D eigenvalue weighted by molar-refractivity contribution is -0.135. The minimum absolute atomic E-state index is 0.0412. The number of benzene rings is 6. The molecule has 0 radical (unpaired) electrons. The molecular weight excluding hydrogens is 801 g/mol. The third kappa shape index (κ3) is 6.76. The van der Waals surface area contributed by atoms with Crippen LogP contribution in [0.15, 0.2) is 194 Å². The third-order valence-corrected chi connectivity index (χ3v) is 25.4. The highest BCUT2D eigenvalue weighted by molar-refractivity contribution is 7.07. The normalized spacial score (nSPS) is 30.4. The molecule has 5 heteroatoms. The predicted molar refractivity (Wildman–Crippen MR) is 265 cm³/mol. The number of fused-ring (bicyclic) bond motifs is 5. The molecule has 0 bridgehead atoms. The highest BCUT2D eigenvalue weighted by atomic mass is 28.4. The van der Waals surface area contributed by atoms with Crippen molar-refractivity contribution in [3.63, 3.8) is 0 Å². The van der Waals surface area contributed by atoms with Crippen molar-refractivity contribution in [2.75, 3.05) is 6.61 Å². The fraction of sp³-hybridized carbons (Fsp3) is 0.345. The number of aliphatic hydroxyl groups excluding tert-OH is 1. The lowest BCUT2D eigenvalue weighted by Gasteiger charge is -2.64. The van der Waals surface area contributed by atoms with Crippen LogP contribution in [0.1, 0.15) is 66.2 Å². The van der Waals surface area contributed by atoms with Crippen molar-refractivity contribution >= 4 is 47.8 Å². The van der Waals surface area contributed by atoms with E-state index in [1.54, 1.807) is 0 Å². The Kier molecular flexibility index (Phi) is 11.2. The monoisotopic (exact) mass is 864 g/mol. The van der Waals surface area contributed by atoms with E-state index in [0.29, 0.717) is 30.3 Å². The van der Waals surface area contributed by atoms with Crippen molar-refractivity contribution in [3.8, 4) is 0 Å². The van der Waals surface area contributed by atoms with E-state index in [1.165, 1.54) is 36.7 Å². The minimum Gasteiger partial charge on any atom is -0.403 e. The van der Waals surface area contributed by atoms with Crippen LogP contribution in [0.4, 0.5) is 0 Å². The second-order valence-corrected chi connectivity index (χ2v) is 26.7. The Morgan fingerprint density at radius 3 is 1.37 bits per heavy atom. The van der Waals surface area contributed by atoms with Gasteiger partial charge in [0, 0.05) is 12.0 Å². The molecule has 4 aliphatic rings. The van der Waals surface area contributed by atoms with Crippen molar-refractivity contribution in [1.29, 1.82) is 0 Å². The maximum absolute atomic E-state index is 11.5. The number of aliphatic hydroxyl groups is 1. The van der Waals surface area contributed by atoms with Gasteiger partial charge in [0.05, 0.1) is 11.7 Å². The zero-order chi connectivity index (χ0) is 43.3. The summed E-state index contributed by atoms with van der Waals surface area (Å²) in [7, 11) is -5.99. The van der Waals surface area contributed by atoms with Crippen LogP contribution in [0.25, 0.3) is 0 Å². The van der Waals surface area contributed by atoms with Crippen LogP contribution < -0.4 is 31.1 Å². The molecule has 0 spiro atoms. The third-order valence-electron chi connectivity index (χ3n) is 17.1. The highest BCUT2D eigenvalue weighted by Gasteiger charge is 2.67. The molecule has 6 aromatic carbocycles. The van der Waals surface area contributed by atoms with Crippen molar-refractivity contribution < 1.29 is 14.0 Å². The molecule has 3 nitrogen and oxygen atoms in total. The number of rotatable bonds is 11. The molecule has 63 heavy (non-hydrogen) atoms. The van der Waals surface area contributed by atoms with Gasteiger partial charge in [-0.05, 0) is 112 Å². The van der Waals surface area contributed by atoms with Crippen molar-refractivity contribution in [2.45, 2.75) is 77.9 Å². The largest absolute Gasteiger partial charge is 0.403 e. The van der Waals surface area contributed by atoms with E-state index in [1.807, 2.05) is 0 Å². The van der Waals surface area contributed by atoms with Gasteiger partial charge in [-0.2, -0.15) is 0 Å². The van der Waals surface area contributed by atoms with Gasteiger partial charge in [0.1, 0.15) is 0 Å². The Balaban J connectivity index is 1.08. The summed E-state index contributed by atoms with van der Waals surface area (Å²) in [5.74, 6) is 2.05. The van der Waals surface area contributed by atoms with Gasteiger partial charge in [0.25, 0.3) is 16.6 Å². The van der Waals surface area contributed by atoms with Crippen LogP contribution in [0.5, 0.6) is 0 Å². The first-order valence-electron chi connectivity index (χ1n) is 23.7. The van der Waals surface area contributed by atoms with E-state index in [2.05, 4.69) is 216 Å². The molecule has 4 unspecified atom stereocenters. The van der Waals surface area contributed by atoms with Gasteiger partial charge in [-0.1, -0.05) is 214 Å². The zero-order valence-corrected chi connectivity index (χ0v) is 39.6. The molecule has 0 heterocycles. The summed E-state index contributed by atoms with van der Waals surface area (Å²) < 4.78 is 16.4. The summed E-state index contributed by atoms with van der Waals surface area (Å²) >= 11 is 0. The Bertz CT molecular complexity index is 2310. The second-order valence-electron chi connectivity index (χ2n) is 20.1. The lowest BCUT2D eigenvalue weighted by Crippen LogP contribution is -2.73.